The smallest absolute Gasteiger partial charge is 0.327 e. The van der Waals surface area contributed by atoms with Crippen molar-refractivity contribution in [1.82, 2.24) is 19.7 Å². The molecule has 3 heterocycles. The van der Waals surface area contributed by atoms with Crippen LogP contribution < -0.4 is 17.0 Å². The second-order valence-corrected chi connectivity index (χ2v) is 7.82. The van der Waals surface area contributed by atoms with E-state index in [2.05, 4.69) is 15.2 Å². The third-order valence-electron chi connectivity index (χ3n) is 4.81. The van der Waals surface area contributed by atoms with Crippen LogP contribution in [0.15, 0.2) is 64.2 Å². The van der Waals surface area contributed by atoms with Gasteiger partial charge in [-0.25, -0.2) is 18.7 Å². The fraction of sp³-hybridized carbons (Fsp3) is 0.150. The molecule has 0 aliphatic rings. The van der Waals surface area contributed by atoms with Gasteiger partial charge in [-0.1, -0.05) is 0 Å². The summed E-state index contributed by atoms with van der Waals surface area (Å²) >= 11 is 1.35. The van der Waals surface area contributed by atoms with E-state index in [1.807, 2.05) is 12.1 Å². The maximum atomic E-state index is 14.5. The van der Waals surface area contributed by atoms with Gasteiger partial charge < -0.3 is 10.7 Å². The van der Waals surface area contributed by atoms with Gasteiger partial charge in [0, 0.05) is 27.8 Å². The van der Waals surface area contributed by atoms with Crippen LogP contribution in [0.1, 0.15) is 17.3 Å². The van der Waals surface area contributed by atoms with E-state index in [-0.39, 0.29) is 36.4 Å². The lowest BCUT2D eigenvalue weighted by Gasteiger charge is -2.16. The summed E-state index contributed by atoms with van der Waals surface area (Å²) in [5, 5.41) is 6.65. The summed E-state index contributed by atoms with van der Waals surface area (Å²) in [4.78, 5) is 27.6. The first kappa shape index (κ1) is 22.6. The Bertz CT molecular complexity index is 1360. The highest BCUT2D eigenvalue weighted by Gasteiger charge is 2.21. The highest BCUT2D eigenvalue weighted by atomic mass is 35.5. The molecule has 0 radical (unpaired) electrons. The van der Waals surface area contributed by atoms with Crippen LogP contribution >= 0.6 is 23.7 Å². The zero-order valence-corrected chi connectivity index (χ0v) is 17.6. The maximum absolute atomic E-state index is 14.5. The molecule has 7 nitrogen and oxygen atoms in total. The van der Waals surface area contributed by atoms with E-state index in [4.69, 9.17) is 5.73 Å². The van der Waals surface area contributed by atoms with Gasteiger partial charge in [-0.3, -0.25) is 9.36 Å². The number of nitrogens with one attached hydrogen (secondary N) is 2. The first-order valence-corrected chi connectivity index (χ1v) is 9.84. The van der Waals surface area contributed by atoms with Gasteiger partial charge in [0.1, 0.15) is 12.1 Å². The van der Waals surface area contributed by atoms with Crippen LogP contribution in [0.25, 0.3) is 21.3 Å². The number of rotatable bonds is 6. The third-order valence-corrected chi connectivity index (χ3v) is 6.04. The number of nitrogens with zero attached hydrogens (tertiary/aromatic N) is 2. The lowest BCUT2D eigenvalue weighted by atomic mass is 10.1. The molecule has 1 aromatic carbocycles. The first-order chi connectivity index (χ1) is 14.5. The lowest BCUT2D eigenvalue weighted by Crippen LogP contribution is -2.23. The van der Waals surface area contributed by atoms with Gasteiger partial charge in [-0.05, 0) is 47.9 Å². The van der Waals surface area contributed by atoms with Gasteiger partial charge >= 0.3 is 5.69 Å². The molecule has 1 atom stereocenters. The van der Waals surface area contributed by atoms with Crippen LogP contribution in [0.5, 0.6) is 0 Å². The van der Waals surface area contributed by atoms with Crippen molar-refractivity contribution >= 4 is 34.6 Å². The molecule has 162 valence electrons. The highest BCUT2D eigenvalue weighted by molar-refractivity contribution is 7.15. The quantitative estimate of drug-likeness (QED) is 0.405. The Morgan fingerprint density at radius 3 is 2.74 bits per heavy atom. The molecule has 0 saturated heterocycles. The number of benzene rings is 1. The monoisotopic (exact) mass is 465 g/mol. The Morgan fingerprint density at radius 2 is 2.06 bits per heavy atom. The van der Waals surface area contributed by atoms with E-state index >= 15 is 0 Å². The number of aromatic nitrogens is 4. The molecule has 0 aliphatic heterocycles. The van der Waals surface area contributed by atoms with Crippen LogP contribution in [0, 0.1) is 5.82 Å². The minimum atomic E-state index is -0.538. The number of hydrogen-bond donors (Lipinski definition) is 3. The summed E-state index contributed by atoms with van der Waals surface area (Å²) in [6, 6.07) is 9.13. The number of hydrogen-bond acceptors (Lipinski definition) is 5. The van der Waals surface area contributed by atoms with Gasteiger partial charge in [0.05, 0.1) is 17.9 Å². The number of fused-ring (bicyclic) bond motifs is 1. The molecule has 0 amide bonds. The molecule has 0 saturated carbocycles. The van der Waals surface area contributed by atoms with Crippen molar-refractivity contribution in [2.75, 3.05) is 6.54 Å². The van der Waals surface area contributed by atoms with Crippen LogP contribution in [-0.2, 0) is 0 Å². The largest absolute Gasteiger partial charge is 0.343 e. The van der Waals surface area contributed by atoms with Crippen molar-refractivity contribution in [3.63, 3.8) is 0 Å². The van der Waals surface area contributed by atoms with Crippen molar-refractivity contribution in [3.05, 3.63) is 86.2 Å². The van der Waals surface area contributed by atoms with Crippen LogP contribution in [0.2, 0.25) is 0 Å². The third kappa shape index (κ3) is 4.50. The second kappa shape index (κ2) is 9.38. The van der Waals surface area contributed by atoms with Crippen molar-refractivity contribution in [1.29, 1.82) is 0 Å². The van der Waals surface area contributed by atoms with Crippen LogP contribution in [0.4, 0.5) is 8.78 Å². The van der Waals surface area contributed by atoms with E-state index in [1.165, 1.54) is 34.4 Å². The summed E-state index contributed by atoms with van der Waals surface area (Å²) in [6.45, 7) is 0.0198. The fourth-order valence-electron chi connectivity index (χ4n) is 3.29. The molecule has 3 aromatic heterocycles. The normalized spacial score (nSPS) is 12.7. The molecule has 0 aliphatic carbocycles. The summed E-state index contributed by atoms with van der Waals surface area (Å²) in [5.41, 5.74) is 5.91. The Balaban J connectivity index is 0.00000272. The molecule has 0 spiro atoms. The molecule has 4 rings (SSSR count). The molecule has 0 fully saturated rings. The van der Waals surface area contributed by atoms with Gasteiger partial charge in [0.2, 0.25) is 5.56 Å². The molecule has 11 heteroatoms. The zero-order chi connectivity index (χ0) is 21.3. The summed E-state index contributed by atoms with van der Waals surface area (Å²) < 4.78 is 29.1. The van der Waals surface area contributed by atoms with E-state index < -0.39 is 17.5 Å². The number of H-pyrrole nitrogens is 2. The standard InChI is InChI=1S/C20H17F2N5O2S.ClH/c21-8-11(9-23)5-15(27-10-24-26-20(27)29)17-3-2-16(30-17)13-6-12-1-4-18(28)25-19(12)14(22)7-13;/h1-4,6-8,10,15H,5,9,23H2,(H,25,28)(H,26,29);1H/b11-8+;. The number of pyridine rings is 1. The van der Waals surface area contributed by atoms with E-state index in [0.717, 1.165) is 9.75 Å². The maximum Gasteiger partial charge on any atom is 0.343 e. The summed E-state index contributed by atoms with van der Waals surface area (Å²) in [5.74, 6) is -0.538. The summed E-state index contributed by atoms with van der Waals surface area (Å²) in [6.07, 6.45) is 2.00. The van der Waals surface area contributed by atoms with Crippen LogP contribution in [-0.4, -0.2) is 26.3 Å². The van der Waals surface area contributed by atoms with E-state index in [9.17, 15) is 18.4 Å². The number of thiophene rings is 1. The Hall–Kier alpha value is -3.08. The Labute approximate surface area is 184 Å². The Morgan fingerprint density at radius 1 is 1.26 bits per heavy atom. The lowest BCUT2D eigenvalue weighted by molar-refractivity contribution is 0.556. The van der Waals surface area contributed by atoms with Gasteiger partial charge in [-0.15, -0.1) is 23.7 Å². The number of aromatic amines is 2. The molecule has 0 bridgehead atoms. The average Bonchev–Trinajstić information content (AvgIpc) is 3.39. The fourth-order valence-corrected chi connectivity index (χ4v) is 4.38. The van der Waals surface area contributed by atoms with Gasteiger partial charge in [0.25, 0.3) is 0 Å². The predicted octanol–water partition coefficient (Wildman–Crippen LogP) is 3.49. The molecule has 31 heavy (non-hydrogen) atoms. The van der Waals surface area contributed by atoms with E-state index in [0.29, 0.717) is 22.9 Å². The van der Waals surface area contributed by atoms with Crippen molar-refractivity contribution in [2.45, 2.75) is 12.5 Å². The minimum Gasteiger partial charge on any atom is -0.327 e. The van der Waals surface area contributed by atoms with Crippen molar-refractivity contribution in [3.8, 4) is 10.4 Å². The predicted molar refractivity (Wildman–Crippen MR) is 119 cm³/mol. The van der Waals surface area contributed by atoms with Gasteiger partial charge in [-0.2, -0.15) is 5.10 Å². The zero-order valence-electron chi connectivity index (χ0n) is 16.0. The molecular formula is C20H18ClF2N5O2S. The molecular weight excluding hydrogens is 448 g/mol. The van der Waals surface area contributed by atoms with Crippen molar-refractivity contribution < 1.29 is 8.78 Å². The highest BCUT2D eigenvalue weighted by Crippen LogP contribution is 2.36. The Kier molecular flexibility index (Phi) is 6.84. The van der Waals surface area contributed by atoms with Crippen molar-refractivity contribution in [2.24, 2.45) is 5.73 Å². The van der Waals surface area contributed by atoms with Gasteiger partial charge in [0.15, 0.2) is 0 Å². The molecule has 4 aromatic rings. The minimum absolute atomic E-state index is 0. The average molecular weight is 466 g/mol. The SMILES string of the molecule is Cl.NC/C(=C/F)CC(c1ccc(-c2cc(F)c3[nH]c(=O)ccc3c2)s1)n1cn[nH]c1=O. The topological polar surface area (TPSA) is 110 Å². The number of halogens is 3. The van der Waals surface area contributed by atoms with E-state index in [1.54, 1.807) is 12.1 Å². The molecule has 4 N–H and O–H groups in total. The summed E-state index contributed by atoms with van der Waals surface area (Å²) in [7, 11) is 0. The first-order valence-electron chi connectivity index (χ1n) is 9.02. The van der Waals surface area contributed by atoms with Crippen LogP contribution in [0.3, 0.4) is 0 Å². The second-order valence-electron chi connectivity index (χ2n) is 6.71. The number of nitrogens with two attached hydrogens (primary N) is 1. The molecule has 1 unspecified atom stereocenters.